The minimum atomic E-state index is -0.574. The van der Waals surface area contributed by atoms with E-state index < -0.39 is 12.8 Å². The highest BCUT2D eigenvalue weighted by Crippen LogP contribution is 2.21. The summed E-state index contributed by atoms with van der Waals surface area (Å²) in [5.41, 5.74) is 3.24. The molecule has 0 bridgehead atoms. The Morgan fingerprint density at radius 2 is 1.88 bits per heavy atom. The summed E-state index contributed by atoms with van der Waals surface area (Å²) in [6.45, 7) is 3.45. The van der Waals surface area contributed by atoms with Crippen molar-refractivity contribution in [2.75, 3.05) is 6.26 Å². The van der Waals surface area contributed by atoms with E-state index >= 15 is 0 Å². The molecule has 0 aromatic carbocycles. The van der Waals surface area contributed by atoms with Crippen molar-refractivity contribution in [3.8, 4) is 11.4 Å². The highest BCUT2D eigenvalue weighted by Gasteiger charge is 2.18. The Bertz CT molecular complexity index is 720. The molecule has 0 aliphatic heterocycles. The van der Waals surface area contributed by atoms with E-state index in [1.54, 1.807) is 13.1 Å². The van der Waals surface area contributed by atoms with Gasteiger partial charge in [0.15, 0.2) is 10.9 Å². The van der Waals surface area contributed by atoms with Crippen LogP contribution in [0, 0.1) is 6.92 Å². The SMILES string of the molecule is CSc1nccc(-c2cc(C(C)=O)c(C)[nH]2)n1.[B][B]B(B([B])[B])B([B])[B]. The Morgan fingerprint density at radius 1 is 1.27 bits per heavy atom. The van der Waals surface area contributed by atoms with Gasteiger partial charge < -0.3 is 4.98 Å². The van der Waals surface area contributed by atoms with Crippen LogP contribution in [-0.4, -0.2) is 91.9 Å². The van der Waals surface area contributed by atoms with E-state index in [2.05, 4.69) is 15.0 Å². The Morgan fingerprint density at radius 3 is 2.27 bits per heavy atom. The molecular formula is C12H13B9N3OS. The van der Waals surface area contributed by atoms with Gasteiger partial charge in [0.25, 0.3) is 0 Å². The molecule has 0 saturated heterocycles. The van der Waals surface area contributed by atoms with E-state index in [9.17, 15) is 4.79 Å². The Kier molecular flexibility index (Phi) is 9.69. The molecule has 2 rings (SSSR count). The van der Waals surface area contributed by atoms with Crippen molar-refractivity contribution < 1.29 is 4.79 Å². The van der Waals surface area contributed by atoms with Crippen LogP contribution in [0.3, 0.4) is 0 Å². The molecule has 0 amide bonds. The molecule has 1 N–H and O–H groups in total. The lowest BCUT2D eigenvalue weighted by molar-refractivity contribution is 0.101. The van der Waals surface area contributed by atoms with Crippen LogP contribution < -0.4 is 0 Å². The standard InChI is InChI=1S/C12H13N3OS.B9/c1-7-9(8(2)16)6-11(14-7)10-4-5-13-12(15-10)17-3;1-6-9(7(2)3)8(4)5/h4-6,14H,1-3H3;. The lowest BCUT2D eigenvalue weighted by Gasteiger charge is -2.17. The number of carbonyl (C=O) groups excluding carboxylic acids is 1. The van der Waals surface area contributed by atoms with Gasteiger partial charge >= 0.3 is 0 Å². The quantitative estimate of drug-likeness (QED) is 0.325. The van der Waals surface area contributed by atoms with Gasteiger partial charge in [-0.1, -0.05) is 11.8 Å². The highest BCUT2D eigenvalue weighted by molar-refractivity contribution is 7.98. The molecule has 2 aromatic heterocycles. The van der Waals surface area contributed by atoms with Crippen molar-refractivity contribution in [2.45, 2.75) is 19.0 Å². The van der Waals surface area contributed by atoms with E-state index in [4.69, 9.17) is 38.7 Å². The maximum atomic E-state index is 11.4. The van der Waals surface area contributed by atoms with E-state index in [1.165, 1.54) is 18.8 Å². The first-order valence-corrected chi connectivity index (χ1v) is 9.09. The zero-order valence-corrected chi connectivity index (χ0v) is 16.0. The number of Topliss-reactive ketones (excluding diaryl/α,β-unsaturated/α-hetero) is 1. The van der Waals surface area contributed by atoms with Gasteiger partial charge in [-0.05, 0) is 32.2 Å². The second-order valence-electron chi connectivity index (χ2n) is 5.63. The molecule has 11 radical (unpaired) electrons. The van der Waals surface area contributed by atoms with E-state index in [1.807, 2.05) is 25.3 Å². The summed E-state index contributed by atoms with van der Waals surface area (Å²) >= 11 is 1.49. The van der Waals surface area contributed by atoms with Gasteiger partial charge in [-0.3, -0.25) is 4.79 Å². The van der Waals surface area contributed by atoms with Gasteiger partial charge in [-0.2, -0.15) is 0 Å². The molecule has 0 unspecified atom stereocenters. The number of aryl methyl sites for hydroxylation is 1. The molecule has 0 fully saturated rings. The molecule has 14 heteroatoms. The monoisotopic (exact) mass is 346 g/mol. The van der Waals surface area contributed by atoms with Gasteiger partial charge in [-0.15, -0.1) is 0 Å². The van der Waals surface area contributed by atoms with Crippen LogP contribution in [-0.2, 0) is 0 Å². The zero-order chi connectivity index (χ0) is 19.9. The topological polar surface area (TPSA) is 58.6 Å². The fourth-order valence-corrected chi connectivity index (χ4v) is 2.52. The van der Waals surface area contributed by atoms with Crippen molar-refractivity contribution in [1.82, 2.24) is 15.0 Å². The minimum absolute atomic E-state index is 0.0594. The normalized spacial score (nSPS) is 9.65. The molecule has 0 saturated carbocycles. The highest BCUT2D eigenvalue weighted by atomic mass is 32.2. The number of rotatable bonds is 6. The maximum absolute atomic E-state index is 11.4. The van der Waals surface area contributed by atoms with Gasteiger partial charge in [0.05, 0.1) is 11.4 Å². The molecular weight excluding hydrogens is 332 g/mol. The lowest BCUT2D eigenvalue weighted by Crippen LogP contribution is -2.55. The smallest absolute Gasteiger partial charge is 0.187 e. The molecule has 4 nitrogen and oxygen atoms in total. The average Bonchev–Trinajstić information content (AvgIpc) is 2.97. The van der Waals surface area contributed by atoms with Gasteiger partial charge in [0.1, 0.15) is 0 Å². The summed E-state index contributed by atoms with van der Waals surface area (Å²) in [6.07, 6.45) is 2.19. The molecule has 0 spiro atoms. The molecule has 26 heavy (non-hydrogen) atoms. The fourth-order valence-electron chi connectivity index (χ4n) is 2.16. The Balaban J connectivity index is 0.000000321. The Labute approximate surface area is 168 Å². The largest absolute Gasteiger partial charge is 0.357 e. The van der Waals surface area contributed by atoms with Crippen LogP contribution in [0.2, 0.25) is 0 Å². The van der Waals surface area contributed by atoms with Crippen molar-refractivity contribution in [3.63, 3.8) is 0 Å². The summed E-state index contributed by atoms with van der Waals surface area (Å²) in [4.78, 5) is 23.1. The first kappa shape index (κ1) is 23.0. The first-order chi connectivity index (χ1) is 12.2. The maximum Gasteiger partial charge on any atom is 0.187 e. The van der Waals surface area contributed by atoms with Crippen molar-refractivity contribution in [1.29, 1.82) is 0 Å². The summed E-state index contributed by atoms with van der Waals surface area (Å²) in [6, 6.07) is 3.67. The zero-order valence-electron chi connectivity index (χ0n) is 15.1. The summed E-state index contributed by atoms with van der Waals surface area (Å²) in [5, 5.41) is 0.721. The third-order valence-corrected chi connectivity index (χ3v) is 4.16. The van der Waals surface area contributed by atoms with Gasteiger partial charge in [-0.25, -0.2) is 9.97 Å². The average molecular weight is 345 g/mol. The number of nitrogens with zero attached hydrogens (tertiary/aromatic N) is 2. The number of aromatic amines is 1. The van der Waals surface area contributed by atoms with Crippen molar-refractivity contribution in [3.05, 3.63) is 29.6 Å². The minimum Gasteiger partial charge on any atom is -0.357 e. The molecule has 2 heterocycles. The molecule has 0 aliphatic rings. The number of nitrogens with one attached hydrogen (secondary N) is 1. The third kappa shape index (κ3) is 6.60. The van der Waals surface area contributed by atoms with Crippen molar-refractivity contribution in [2.24, 2.45) is 0 Å². The van der Waals surface area contributed by atoms with Gasteiger partial charge in [0.2, 0.25) is 0 Å². The van der Waals surface area contributed by atoms with E-state index in [0.29, 0.717) is 5.56 Å². The number of carbonyl (C=O) groups is 1. The second-order valence-corrected chi connectivity index (χ2v) is 6.40. The molecule has 2 aromatic rings. The first-order valence-electron chi connectivity index (χ1n) is 7.86. The number of hydrogen-bond donors (Lipinski definition) is 1. The van der Waals surface area contributed by atoms with Crippen LogP contribution in [0.5, 0.6) is 0 Å². The van der Waals surface area contributed by atoms with E-state index in [-0.39, 0.29) is 12.2 Å². The fraction of sp³-hybridized carbons (Fsp3) is 0.250. The predicted molar refractivity (Wildman–Crippen MR) is 120 cm³/mol. The van der Waals surface area contributed by atoms with Crippen molar-refractivity contribution >= 4 is 82.4 Å². The second kappa shape index (κ2) is 11.0. The third-order valence-electron chi connectivity index (χ3n) is 3.60. The van der Waals surface area contributed by atoms with E-state index in [0.717, 1.165) is 22.2 Å². The molecule has 115 valence electrons. The number of hydrogen-bond acceptors (Lipinski definition) is 4. The predicted octanol–water partition coefficient (Wildman–Crippen LogP) is -0.723. The van der Waals surface area contributed by atoms with Crippen LogP contribution in [0.1, 0.15) is 23.0 Å². The van der Waals surface area contributed by atoms with Crippen LogP contribution >= 0.6 is 11.8 Å². The number of aromatic nitrogens is 3. The molecule has 0 atom stereocenters. The van der Waals surface area contributed by atoms with Gasteiger partial charge in [0, 0.05) is 82.4 Å². The summed E-state index contributed by atoms with van der Waals surface area (Å²) < 4.78 is 0. The van der Waals surface area contributed by atoms with Crippen LogP contribution in [0.15, 0.2) is 23.5 Å². The summed E-state index contributed by atoms with van der Waals surface area (Å²) in [5.74, 6) is 0.0594. The Hall–Kier alpha value is -1.04. The van der Waals surface area contributed by atoms with Crippen LogP contribution in [0.4, 0.5) is 0 Å². The number of ketones is 1. The lowest BCUT2D eigenvalue weighted by atomic mass is 8.64. The summed E-state index contributed by atoms with van der Waals surface area (Å²) in [7, 11) is 27.5. The molecule has 0 aliphatic carbocycles. The van der Waals surface area contributed by atoms with Crippen LogP contribution in [0.25, 0.3) is 11.4 Å². The number of thioether (sulfide) groups is 1. The number of H-pyrrole nitrogens is 1.